The maximum absolute atomic E-state index is 3.08. The van der Waals surface area contributed by atoms with Crippen LogP contribution in [0.5, 0.6) is 0 Å². The Morgan fingerprint density at radius 3 is 1.24 bits per heavy atom. The molecule has 0 radical (unpaired) electrons. The fourth-order valence-electron chi connectivity index (χ4n) is 6.40. The first-order chi connectivity index (χ1) is 17.0. The topological polar surface area (TPSA) is 0 Å². The summed E-state index contributed by atoms with van der Waals surface area (Å²) in [6.45, 7) is 4.67. The molecule has 4 heteroatoms. The molecule has 6 aromatic rings. The minimum Gasteiger partial charge on any atom is -1.00 e. The number of hydrogen-bond acceptors (Lipinski definition) is 0. The second-order valence-electron chi connectivity index (χ2n) is 10.3. The zero-order valence-electron chi connectivity index (χ0n) is 22.1. The second-order valence-corrected chi connectivity index (χ2v) is 22.4. The molecule has 0 bridgehead atoms. The van der Waals surface area contributed by atoms with Gasteiger partial charge in [0.2, 0.25) is 0 Å². The fraction of sp³-hybridized carbons (Fsp3) is 0.118. The Morgan fingerprint density at radius 1 is 0.500 bits per heavy atom. The van der Waals surface area contributed by atoms with Gasteiger partial charge in [-0.15, -0.1) is 0 Å². The van der Waals surface area contributed by atoms with Crippen LogP contribution in [-0.2, 0) is 26.2 Å². The van der Waals surface area contributed by atoms with Gasteiger partial charge in [0.1, 0.15) is 0 Å². The Morgan fingerprint density at radius 2 is 0.868 bits per heavy atom. The number of halogens is 2. The van der Waals surface area contributed by atoms with Gasteiger partial charge in [0.05, 0.1) is 0 Å². The molecular weight excluding hydrogens is 689 g/mol. The molecule has 0 spiro atoms. The molecule has 38 heavy (non-hydrogen) atoms. The first-order valence-electron chi connectivity index (χ1n) is 12.5. The molecule has 0 atom stereocenters. The van der Waals surface area contributed by atoms with Crippen LogP contribution in [0.25, 0.3) is 43.8 Å². The maximum atomic E-state index is 2.63. The molecule has 0 unspecified atom stereocenters. The third-order valence-corrected chi connectivity index (χ3v) is 18.5. The van der Waals surface area contributed by atoms with Crippen LogP contribution < -0.4 is 32.0 Å². The monoisotopic (exact) mass is 718 g/mol. The smallest absolute Gasteiger partial charge is 1.00 e. The number of hydrogen-bond donors (Lipinski definition) is 0. The Bertz CT molecular complexity index is 1550. The van der Waals surface area contributed by atoms with E-state index in [2.05, 4.69) is 133 Å². The Labute approximate surface area is 262 Å². The molecule has 0 heterocycles. The van der Waals surface area contributed by atoms with Gasteiger partial charge >= 0.3 is 240 Å². The normalized spacial score (nSPS) is 11.1. The fourth-order valence-corrected chi connectivity index (χ4v) is 18.3. The van der Waals surface area contributed by atoms with Crippen molar-refractivity contribution >= 4 is 47.1 Å². The van der Waals surface area contributed by atoms with Crippen molar-refractivity contribution < 1.29 is 51.0 Å². The maximum Gasteiger partial charge on any atom is 4.00 e. The van der Waals surface area contributed by atoms with E-state index in [1.807, 2.05) is 0 Å². The van der Waals surface area contributed by atoms with Crippen molar-refractivity contribution in [1.29, 1.82) is 0 Å². The largest absolute Gasteiger partial charge is 4.00 e. The molecule has 6 rings (SSSR count). The molecule has 0 aliphatic carbocycles. The minimum absolute atomic E-state index is 0. The van der Waals surface area contributed by atoms with Gasteiger partial charge in [-0.3, -0.25) is 0 Å². The van der Waals surface area contributed by atoms with E-state index in [9.17, 15) is 0 Å². The van der Waals surface area contributed by atoms with Gasteiger partial charge in [-0.1, -0.05) is 0 Å². The molecule has 6 aromatic carbocycles. The van der Waals surface area contributed by atoms with Crippen molar-refractivity contribution in [3.05, 3.63) is 120 Å². The summed E-state index contributed by atoms with van der Waals surface area (Å²) in [6, 6.07) is 40.3. The summed E-state index contributed by atoms with van der Waals surface area (Å²) in [5.74, 6) is 0. The van der Waals surface area contributed by atoms with Crippen LogP contribution in [0.4, 0.5) is 0 Å². The van der Waals surface area contributed by atoms with Crippen molar-refractivity contribution in [2.75, 3.05) is 0 Å². The number of aryl methyl sites for hydroxylation is 2. The van der Waals surface area contributed by atoms with Gasteiger partial charge in [0, 0.05) is 0 Å². The van der Waals surface area contributed by atoms with Crippen LogP contribution in [0, 0.1) is 13.8 Å². The van der Waals surface area contributed by atoms with Gasteiger partial charge in [0.25, 0.3) is 0 Å². The van der Waals surface area contributed by atoms with E-state index in [-0.39, 0.29) is 51.0 Å². The molecule has 0 aliphatic heterocycles. The van der Waals surface area contributed by atoms with Gasteiger partial charge < -0.3 is 24.8 Å². The standard InChI is InChI=1S/2C16H12.2CH3.2ClH.Sn.Zr/c2*1-12-10-14-8-5-9-15(16(14)11-12)13-6-3-2-4-7-13;;;;;;/h2*2-10H,1H3;2*1H3;2*1H;;/q2*-1;;;;;;+4/p-2. The summed E-state index contributed by atoms with van der Waals surface area (Å²) in [5, 5.41) is 5.70. The van der Waals surface area contributed by atoms with Crippen LogP contribution in [0.15, 0.2) is 109 Å². The molecule has 0 saturated heterocycles. The summed E-state index contributed by atoms with van der Waals surface area (Å²) >= 11 is -3.08. The summed E-state index contributed by atoms with van der Waals surface area (Å²) in [7, 11) is 0. The molecule has 0 aliphatic rings. The Hall–Kier alpha value is -1.64. The molecule has 0 nitrogen and oxygen atoms in total. The number of fused-ring (bicyclic) bond motifs is 2. The third kappa shape index (κ3) is 5.13. The average molecular weight is 719 g/mol. The number of rotatable bonds is 4. The minimum atomic E-state index is -3.08. The van der Waals surface area contributed by atoms with Crippen molar-refractivity contribution in [3.8, 4) is 22.3 Å². The Kier molecular flexibility index (Phi) is 9.97. The summed E-state index contributed by atoms with van der Waals surface area (Å²) in [4.78, 5) is 5.25. The summed E-state index contributed by atoms with van der Waals surface area (Å²) in [5.41, 5.74) is 8.26. The van der Waals surface area contributed by atoms with Crippen molar-refractivity contribution in [2.45, 2.75) is 23.7 Å². The zero-order chi connectivity index (χ0) is 24.2. The quantitative estimate of drug-likeness (QED) is 0.194. The van der Waals surface area contributed by atoms with Crippen molar-refractivity contribution in [2.24, 2.45) is 0 Å². The van der Waals surface area contributed by atoms with E-state index in [0.717, 1.165) is 0 Å². The van der Waals surface area contributed by atoms with E-state index in [1.54, 1.807) is 7.16 Å². The molecule has 188 valence electrons. The van der Waals surface area contributed by atoms with E-state index in [0.29, 0.717) is 0 Å². The van der Waals surface area contributed by atoms with Gasteiger partial charge in [0.15, 0.2) is 0 Å². The Balaban J connectivity index is 0.00000133. The van der Waals surface area contributed by atoms with Crippen LogP contribution in [0.3, 0.4) is 0 Å². The predicted octanol–water partition coefficient (Wildman–Crippen LogP) is 2.21. The average Bonchev–Trinajstić information content (AvgIpc) is 3.41. The first-order valence-corrected chi connectivity index (χ1v) is 21.0. The molecule has 0 saturated carbocycles. The van der Waals surface area contributed by atoms with Crippen LogP contribution >= 0.6 is 0 Å². The van der Waals surface area contributed by atoms with Crippen molar-refractivity contribution in [3.63, 3.8) is 0 Å². The van der Waals surface area contributed by atoms with Crippen LogP contribution in [0.2, 0.25) is 9.88 Å². The SMILES string of the molecule is Cc1[cH-]c2cccc(-c3ccccc3)c2[c]1[Sn]([CH3])([CH3])[c]1c(C)[cH-]c2cccc(-c3ccccc3)c12.[Cl-].[Cl-].[Zr+4]. The van der Waals surface area contributed by atoms with E-state index < -0.39 is 18.4 Å². The number of benzene rings is 4. The molecule has 0 fully saturated rings. The first kappa shape index (κ1) is 30.9. The molecular formula is C34H30Cl2SnZr. The van der Waals surface area contributed by atoms with E-state index in [4.69, 9.17) is 0 Å². The van der Waals surface area contributed by atoms with Crippen LogP contribution in [0.1, 0.15) is 11.1 Å². The summed E-state index contributed by atoms with van der Waals surface area (Å²) < 4.78 is 3.29. The van der Waals surface area contributed by atoms with E-state index in [1.165, 1.54) is 54.9 Å². The van der Waals surface area contributed by atoms with E-state index >= 15 is 0 Å². The van der Waals surface area contributed by atoms with Crippen molar-refractivity contribution in [1.82, 2.24) is 0 Å². The second kappa shape index (κ2) is 12.3. The van der Waals surface area contributed by atoms with Gasteiger partial charge in [-0.05, 0) is 0 Å². The van der Waals surface area contributed by atoms with Gasteiger partial charge in [-0.2, -0.15) is 0 Å². The summed E-state index contributed by atoms with van der Waals surface area (Å²) in [6.07, 6.45) is 0. The zero-order valence-corrected chi connectivity index (χ0v) is 29.0. The third-order valence-electron chi connectivity index (χ3n) is 7.65. The van der Waals surface area contributed by atoms with Gasteiger partial charge in [-0.25, -0.2) is 0 Å². The molecule has 0 aromatic heterocycles. The van der Waals surface area contributed by atoms with Crippen LogP contribution in [-0.4, -0.2) is 18.4 Å². The molecule has 0 amide bonds. The molecule has 0 N–H and O–H groups in total. The predicted molar refractivity (Wildman–Crippen MR) is 156 cm³/mol.